The minimum Gasteiger partial charge on any atom is -0.481 e. The molecule has 1 aromatic rings. The number of nitrogens with two attached hydrogens (primary N) is 1. The number of rotatable bonds is 6. The Balaban J connectivity index is 2.93. The fourth-order valence-corrected chi connectivity index (χ4v) is 1.52. The number of benzene rings is 1. The summed E-state index contributed by atoms with van der Waals surface area (Å²) in [5.74, 6) is -1.78. The molecule has 2 N–H and O–H groups in total. The van der Waals surface area contributed by atoms with Gasteiger partial charge >= 0.3 is 0 Å². The Hall–Kier alpha value is -1.42. The van der Waals surface area contributed by atoms with Crippen molar-refractivity contribution in [2.75, 3.05) is 0 Å². The van der Waals surface area contributed by atoms with Gasteiger partial charge in [-0.2, -0.15) is 0 Å². The fraction of sp³-hybridized carbons (Fsp3) is 0.429. The summed E-state index contributed by atoms with van der Waals surface area (Å²) < 4.78 is 32.6. The van der Waals surface area contributed by atoms with Crippen LogP contribution < -0.4 is 10.5 Å². The molecule has 2 atom stereocenters. The lowest BCUT2D eigenvalue weighted by molar-refractivity contribution is 0.243. The minimum absolute atomic E-state index is 0.0948. The van der Waals surface area contributed by atoms with Crippen LogP contribution in [0.5, 0.6) is 5.75 Å². The van der Waals surface area contributed by atoms with Gasteiger partial charge in [0.15, 0.2) is 17.4 Å². The Morgan fingerprint density at radius 1 is 1.39 bits per heavy atom. The number of halogens is 2. The Morgan fingerprint density at radius 2 is 1.94 bits per heavy atom. The van der Waals surface area contributed by atoms with Gasteiger partial charge in [0.05, 0.1) is 0 Å². The lowest BCUT2D eigenvalue weighted by Crippen LogP contribution is -2.21. The molecule has 1 aromatic carbocycles. The van der Waals surface area contributed by atoms with Gasteiger partial charge < -0.3 is 10.5 Å². The highest BCUT2D eigenvalue weighted by Gasteiger charge is 2.15. The molecule has 4 heteroatoms. The van der Waals surface area contributed by atoms with Gasteiger partial charge in [0.1, 0.15) is 6.10 Å². The van der Waals surface area contributed by atoms with Crippen molar-refractivity contribution in [3.05, 3.63) is 42.0 Å². The molecular weight excluding hydrogens is 236 g/mol. The molecule has 2 nitrogen and oxygen atoms in total. The summed E-state index contributed by atoms with van der Waals surface area (Å²) >= 11 is 0. The molecular formula is C14H19F2NO. The Labute approximate surface area is 106 Å². The zero-order chi connectivity index (χ0) is 13.7. The van der Waals surface area contributed by atoms with E-state index in [1.807, 2.05) is 6.92 Å². The van der Waals surface area contributed by atoms with Crippen LogP contribution >= 0.6 is 0 Å². The molecule has 0 aliphatic rings. The molecule has 2 unspecified atom stereocenters. The first kappa shape index (κ1) is 14.6. The van der Waals surface area contributed by atoms with Gasteiger partial charge in [-0.3, -0.25) is 0 Å². The number of ether oxygens (including phenoxy) is 1. The summed E-state index contributed by atoms with van der Waals surface area (Å²) in [7, 11) is 0. The molecule has 18 heavy (non-hydrogen) atoms. The van der Waals surface area contributed by atoms with Gasteiger partial charge in [0.2, 0.25) is 0 Å². The quantitative estimate of drug-likeness (QED) is 0.792. The van der Waals surface area contributed by atoms with Gasteiger partial charge in [0, 0.05) is 6.04 Å². The van der Waals surface area contributed by atoms with E-state index in [9.17, 15) is 8.78 Å². The Bertz CT molecular complexity index is 397. The highest BCUT2D eigenvalue weighted by atomic mass is 19.1. The van der Waals surface area contributed by atoms with Gasteiger partial charge in [-0.15, -0.1) is 0 Å². The van der Waals surface area contributed by atoms with Crippen molar-refractivity contribution >= 4 is 0 Å². The summed E-state index contributed by atoms with van der Waals surface area (Å²) in [6.07, 6.45) is 2.23. The fourth-order valence-electron chi connectivity index (χ4n) is 1.52. The topological polar surface area (TPSA) is 35.2 Å². The molecule has 0 heterocycles. The van der Waals surface area contributed by atoms with Crippen molar-refractivity contribution in [1.82, 2.24) is 0 Å². The van der Waals surface area contributed by atoms with E-state index < -0.39 is 17.7 Å². The van der Waals surface area contributed by atoms with Crippen LogP contribution in [0.1, 0.15) is 25.8 Å². The SMILES string of the molecule is C=CC(C)Oc1c(F)cc(CC(N)CC)cc1F. The first-order valence-electron chi connectivity index (χ1n) is 6.00. The largest absolute Gasteiger partial charge is 0.481 e. The van der Waals surface area contributed by atoms with E-state index >= 15 is 0 Å². The molecule has 0 aromatic heterocycles. The molecule has 0 aliphatic heterocycles. The molecule has 0 saturated heterocycles. The van der Waals surface area contributed by atoms with E-state index in [0.717, 1.165) is 6.42 Å². The second-order valence-electron chi connectivity index (χ2n) is 4.32. The molecule has 0 fully saturated rings. The van der Waals surface area contributed by atoms with Crippen molar-refractivity contribution in [2.45, 2.75) is 38.8 Å². The minimum atomic E-state index is -0.706. The Kier molecular flexibility index (Phi) is 5.28. The first-order valence-corrected chi connectivity index (χ1v) is 6.00. The molecule has 0 radical (unpaired) electrons. The van der Waals surface area contributed by atoms with Crippen molar-refractivity contribution in [3.63, 3.8) is 0 Å². The molecule has 0 amide bonds. The van der Waals surface area contributed by atoms with E-state index in [2.05, 4.69) is 6.58 Å². The monoisotopic (exact) mass is 255 g/mol. The maximum atomic E-state index is 13.7. The zero-order valence-corrected chi connectivity index (χ0v) is 10.7. The third-order valence-electron chi connectivity index (χ3n) is 2.72. The zero-order valence-electron chi connectivity index (χ0n) is 10.7. The van der Waals surface area contributed by atoms with E-state index in [1.165, 1.54) is 18.2 Å². The first-order chi connectivity index (χ1) is 8.47. The van der Waals surface area contributed by atoms with Crippen LogP contribution in [0.2, 0.25) is 0 Å². The lowest BCUT2D eigenvalue weighted by Gasteiger charge is -2.14. The predicted octanol–water partition coefficient (Wildman–Crippen LogP) is 3.20. The van der Waals surface area contributed by atoms with Crippen molar-refractivity contribution in [1.29, 1.82) is 0 Å². The summed E-state index contributed by atoms with van der Waals surface area (Å²) in [4.78, 5) is 0. The Morgan fingerprint density at radius 3 is 2.39 bits per heavy atom. The average Bonchev–Trinajstić information content (AvgIpc) is 2.33. The van der Waals surface area contributed by atoms with Gasteiger partial charge in [-0.05, 0) is 37.5 Å². The maximum absolute atomic E-state index is 13.7. The second kappa shape index (κ2) is 6.50. The van der Waals surface area contributed by atoms with Crippen LogP contribution in [-0.2, 0) is 6.42 Å². The van der Waals surface area contributed by atoms with Crippen molar-refractivity contribution in [3.8, 4) is 5.75 Å². The van der Waals surface area contributed by atoms with Crippen LogP contribution in [0, 0.1) is 11.6 Å². The third kappa shape index (κ3) is 3.81. The summed E-state index contributed by atoms with van der Waals surface area (Å²) in [6.45, 7) is 7.09. The van der Waals surface area contributed by atoms with Gasteiger partial charge in [0.25, 0.3) is 0 Å². The van der Waals surface area contributed by atoms with Crippen LogP contribution in [0.25, 0.3) is 0 Å². The van der Waals surface area contributed by atoms with Crippen LogP contribution in [0.3, 0.4) is 0 Å². The smallest absolute Gasteiger partial charge is 0.191 e. The molecule has 100 valence electrons. The highest BCUT2D eigenvalue weighted by Crippen LogP contribution is 2.25. The molecule has 1 rings (SSSR count). The second-order valence-corrected chi connectivity index (χ2v) is 4.32. The van der Waals surface area contributed by atoms with E-state index in [1.54, 1.807) is 6.92 Å². The van der Waals surface area contributed by atoms with E-state index in [0.29, 0.717) is 12.0 Å². The highest BCUT2D eigenvalue weighted by molar-refractivity contribution is 5.32. The molecule has 0 aliphatic carbocycles. The number of hydrogen-bond acceptors (Lipinski definition) is 2. The van der Waals surface area contributed by atoms with Crippen molar-refractivity contribution < 1.29 is 13.5 Å². The van der Waals surface area contributed by atoms with Gasteiger partial charge in [-0.25, -0.2) is 8.78 Å². The summed E-state index contributed by atoms with van der Waals surface area (Å²) in [5, 5.41) is 0. The van der Waals surface area contributed by atoms with Gasteiger partial charge in [-0.1, -0.05) is 19.6 Å². The number of hydrogen-bond donors (Lipinski definition) is 1. The van der Waals surface area contributed by atoms with Crippen LogP contribution in [-0.4, -0.2) is 12.1 Å². The van der Waals surface area contributed by atoms with E-state index in [-0.39, 0.29) is 11.8 Å². The summed E-state index contributed by atoms with van der Waals surface area (Å²) in [6, 6.07) is 2.44. The molecule has 0 saturated carbocycles. The van der Waals surface area contributed by atoms with E-state index in [4.69, 9.17) is 10.5 Å². The average molecular weight is 255 g/mol. The van der Waals surface area contributed by atoms with Crippen molar-refractivity contribution in [2.24, 2.45) is 5.73 Å². The third-order valence-corrected chi connectivity index (χ3v) is 2.72. The van der Waals surface area contributed by atoms with Crippen LogP contribution in [0.15, 0.2) is 24.8 Å². The molecule has 0 spiro atoms. The van der Waals surface area contributed by atoms with Crippen LogP contribution in [0.4, 0.5) is 8.78 Å². The standard InChI is InChI=1S/C14H19F2NO/c1-4-9(3)18-14-12(15)7-10(8-13(14)16)6-11(17)5-2/h4,7-9,11H,1,5-6,17H2,2-3H3. The predicted molar refractivity (Wildman–Crippen MR) is 68.6 cm³/mol. The normalized spacial score (nSPS) is 14.1. The summed E-state index contributed by atoms with van der Waals surface area (Å²) in [5.41, 5.74) is 6.30. The molecule has 0 bridgehead atoms. The maximum Gasteiger partial charge on any atom is 0.191 e. The lowest BCUT2D eigenvalue weighted by atomic mass is 10.0.